The lowest BCUT2D eigenvalue weighted by atomic mass is 9.59. The maximum absolute atomic E-state index is 2.58. The van der Waals surface area contributed by atoms with E-state index in [1.807, 2.05) is 13.8 Å². The highest BCUT2D eigenvalue weighted by Crippen LogP contribution is 2.63. The summed E-state index contributed by atoms with van der Waals surface area (Å²) >= 11 is 0. The highest BCUT2D eigenvalue weighted by atomic mass is 14.6. The Morgan fingerprint density at radius 2 is 1.78 bits per heavy atom. The van der Waals surface area contributed by atoms with Crippen LogP contribution in [0.15, 0.2) is 11.6 Å². The Labute approximate surface area is 115 Å². The Balaban J connectivity index is 0.000000771. The topological polar surface area (TPSA) is 0 Å². The minimum Gasteiger partial charge on any atom is -0.0850 e. The quantitative estimate of drug-likeness (QED) is 0.484. The first-order valence-corrected chi connectivity index (χ1v) is 8.05. The molecule has 106 valence electrons. The fourth-order valence-corrected chi connectivity index (χ4v) is 4.38. The third-order valence-corrected chi connectivity index (χ3v) is 5.95. The van der Waals surface area contributed by atoms with E-state index >= 15 is 0 Å². The van der Waals surface area contributed by atoms with Gasteiger partial charge < -0.3 is 0 Å². The zero-order valence-corrected chi connectivity index (χ0v) is 13.8. The second-order valence-corrected chi connectivity index (χ2v) is 7.12. The zero-order valence-electron chi connectivity index (χ0n) is 13.8. The van der Waals surface area contributed by atoms with Gasteiger partial charge in [0.05, 0.1) is 0 Å². The molecule has 0 heteroatoms. The summed E-state index contributed by atoms with van der Waals surface area (Å²) in [6.07, 6.45) is 9.48. The standard InChI is InChI=1S/C16H28.C2H6/c1-12(2)14-8-10-15(4)9-6-13(3)7-11-16(14,15)5;1-2/h6,12,14H,7-11H2,1-5H3;1-2H3. The molecule has 1 saturated carbocycles. The Hall–Kier alpha value is -0.260. The van der Waals surface area contributed by atoms with Crippen molar-refractivity contribution in [2.45, 2.75) is 80.6 Å². The molecule has 3 atom stereocenters. The molecule has 2 rings (SSSR count). The predicted octanol–water partition coefficient (Wildman–Crippen LogP) is 6.22. The molecule has 0 N–H and O–H groups in total. The van der Waals surface area contributed by atoms with Crippen LogP contribution in [0.3, 0.4) is 0 Å². The second-order valence-electron chi connectivity index (χ2n) is 7.12. The molecule has 0 aromatic carbocycles. The average molecular weight is 250 g/mol. The lowest BCUT2D eigenvalue weighted by molar-refractivity contribution is 0.0425. The Morgan fingerprint density at radius 1 is 1.17 bits per heavy atom. The molecular formula is C18H34. The third kappa shape index (κ3) is 2.53. The maximum atomic E-state index is 2.58. The molecule has 0 aromatic rings. The van der Waals surface area contributed by atoms with Gasteiger partial charge in [0.1, 0.15) is 0 Å². The molecule has 3 unspecified atom stereocenters. The van der Waals surface area contributed by atoms with E-state index in [0.717, 1.165) is 11.8 Å². The van der Waals surface area contributed by atoms with Gasteiger partial charge in [0.25, 0.3) is 0 Å². The van der Waals surface area contributed by atoms with Crippen molar-refractivity contribution in [1.82, 2.24) is 0 Å². The molecule has 1 fully saturated rings. The molecule has 0 amide bonds. The number of hydrogen-bond acceptors (Lipinski definition) is 0. The highest BCUT2D eigenvalue weighted by Gasteiger charge is 2.54. The van der Waals surface area contributed by atoms with E-state index in [-0.39, 0.29) is 0 Å². The highest BCUT2D eigenvalue weighted by molar-refractivity contribution is 5.13. The van der Waals surface area contributed by atoms with Crippen molar-refractivity contribution in [3.8, 4) is 0 Å². The van der Waals surface area contributed by atoms with E-state index in [1.165, 1.54) is 32.1 Å². The van der Waals surface area contributed by atoms with E-state index in [0.29, 0.717) is 10.8 Å². The summed E-state index contributed by atoms with van der Waals surface area (Å²) in [6.45, 7) is 16.3. The first-order valence-electron chi connectivity index (χ1n) is 8.05. The maximum Gasteiger partial charge on any atom is -0.0234 e. The second kappa shape index (κ2) is 5.80. The van der Waals surface area contributed by atoms with E-state index in [1.54, 1.807) is 5.57 Å². The SMILES string of the molecule is CC.CC1=CCC2(C)CCC(C(C)C)C2(C)CC1. The van der Waals surface area contributed by atoms with Gasteiger partial charge in [-0.25, -0.2) is 0 Å². The fourth-order valence-electron chi connectivity index (χ4n) is 4.38. The average Bonchev–Trinajstić information content (AvgIpc) is 2.54. The lowest BCUT2D eigenvalue weighted by Gasteiger charge is -2.45. The molecule has 0 aromatic heterocycles. The van der Waals surface area contributed by atoms with Crippen molar-refractivity contribution < 1.29 is 0 Å². The van der Waals surface area contributed by atoms with E-state index < -0.39 is 0 Å². The monoisotopic (exact) mass is 250 g/mol. The Kier molecular flexibility index (Phi) is 5.09. The molecule has 0 radical (unpaired) electrons. The smallest absolute Gasteiger partial charge is 0.0234 e. The molecule has 0 nitrogen and oxygen atoms in total. The van der Waals surface area contributed by atoms with Crippen LogP contribution in [0.25, 0.3) is 0 Å². The molecule has 2 aliphatic carbocycles. The fraction of sp³-hybridized carbons (Fsp3) is 0.889. The van der Waals surface area contributed by atoms with Crippen molar-refractivity contribution in [1.29, 1.82) is 0 Å². The van der Waals surface area contributed by atoms with Crippen LogP contribution in [0.1, 0.15) is 80.6 Å². The molecular weight excluding hydrogens is 216 g/mol. The van der Waals surface area contributed by atoms with E-state index in [9.17, 15) is 0 Å². The molecule has 0 bridgehead atoms. The van der Waals surface area contributed by atoms with Crippen LogP contribution in [-0.2, 0) is 0 Å². The van der Waals surface area contributed by atoms with E-state index in [4.69, 9.17) is 0 Å². The van der Waals surface area contributed by atoms with Crippen LogP contribution < -0.4 is 0 Å². The number of fused-ring (bicyclic) bond motifs is 1. The molecule has 2 aliphatic rings. The summed E-state index contributed by atoms with van der Waals surface area (Å²) in [5.74, 6) is 1.79. The van der Waals surface area contributed by atoms with Crippen LogP contribution in [0.4, 0.5) is 0 Å². The van der Waals surface area contributed by atoms with Crippen molar-refractivity contribution in [2.24, 2.45) is 22.7 Å². The lowest BCUT2D eigenvalue weighted by Crippen LogP contribution is -2.38. The minimum atomic E-state index is 0.569. The number of hydrogen-bond donors (Lipinski definition) is 0. The van der Waals surface area contributed by atoms with Crippen molar-refractivity contribution in [3.63, 3.8) is 0 Å². The van der Waals surface area contributed by atoms with Crippen LogP contribution in [0.5, 0.6) is 0 Å². The normalized spacial score (nSPS) is 39.6. The largest absolute Gasteiger partial charge is 0.0850 e. The summed E-state index contributed by atoms with van der Waals surface area (Å²) < 4.78 is 0. The van der Waals surface area contributed by atoms with Gasteiger partial charge in [-0.05, 0) is 61.7 Å². The van der Waals surface area contributed by atoms with Gasteiger partial charge in [-0.15, -0.1) is 0 Å². The van der Waals surface area contributed by atoms with Crippen molar-refractivity contribution >= 4 is 0 Å². The molecule has 0 saturated heterocycles. The van der Waals surface area contributed by atoms with Gasteiger partial charge in [-0.3, -0.25) is 0 Å². The zero-order chi connectivity index (χ0) is 14.0. The van der Waals surface area contributed by atoms with Gasteiger partial charge in [-0.2, -0.15) is 0 Å². The molecule has 0 heterocycles. The number of rotatable bonds is 1. The first kappa shape index (κ1) is 15.8. The van der Waals surface area contributed by atoms with E-state index in [2.05, 4.69) is 40.7 Å². The summed E-state index contributed by atoms with van der Waals surface area (Å²) in [5, 5.41) is 0. The first-order chi connectivity index (χ1) is 8.39. The summed E-state index contributed by atoms with van der Waals surface area (Å²) in [4.78, 5) is 0. The molecule has 18 heavy (non-hydrogen) atoms. The third-order valence-electron chi connectivity index (χ3n) is 5.95. The molecule has 0 spiro atoms. The van der Waals surface area contributed by atoms with Gasteiger partial charge in [0.15, 0.2) is 0 Å². The van der Waals surface area contributed by atoms with Crippen LogP contribution in [0.2, 0.25) is 0 Å². The molecule has 0 aliphatic heterocycles. The van der Waals surface area contributed by atoms with Gasteiger partial charge in [0.2, 0.25) is 0 Å². The Bertz CT molecular complexity index is 299. The van der Waals surface area contributed by atoms with Crippen LogP contribution in [0, 0.1) is 22.7 Å². The summed E-state index contributed by atoms with van der Waals surface area (Å²) in [6, 6.07) is 0. The summed E-state index contributed by atoms with van der Waals surface area (Å²) in [5.41, 5.74) is 2.77. The van der Waals surface area contributed by atoms with Crippen LogP contribution >= 0.6 is 0 Å². The van der Waals surface area contributed by atoms with Gasteiger partial charge in [-0.1, -0.05) is 53.2 Å². The minimum absolute atomic E-state index is 0.569. The van der Waals surface area contributed by atoms with Crippen molar-refractivity contribution in [3.05, 3.63) is 11.6 Å². The van der Waals surface area contributed by atoms with Gasteiger partial charge >= 0.3 is 0 Å². The Morgan fingerprint density at radius 3 is 2.33 bits per heavy atom. The van der Waals surface area contributed by atoms with Crippen LogP contribution in [-0.4, -0.2) is 0 Å². The number of allylic oxidation sites excluding steroid dienone is 2. The van der Waals surface area contributed by atoms with Gasteiger partial charge in [0, 0.05) is 0 Å². The predicted molar refractivity (Wildman–Crippen MR) is 82.7 cm³/mol. The summed E-state index contributed by atoms with van der Waals surface area (Å²) in [7, 11) is 0. The van der Waals surface area contributed by atoms with Crippen molar-refractivity contribution in [2.75, 3.05) is 0 Å².